The van der Waals surface area contributed by atoms with Crippen LogP contribution in [0.5, 0.6) is 0 Å². The summed E-state index contributed by atoms with van der Waals surface area (Å²) in [5.74, 6) is 0.0349. The molecule has 0 bridgehead atoms. The normalized spacial score (nSPS) is 12.4. The van der Waals surface area contributed by atoms with Crippen LogP contribution in [-0.4, -0.2) is 34.2 Å². The van der Waals surface area contributed by atoms with Crippen molar-refractivity contribution < 1.29 is 4.79 Å². The van der Waals surface area contributed by atoms with Crippen molar-refractivity contribution in [3.63, 3.8) is 0 Å². The van der Waals surface area contributed by atoms with E-state index in [9.17, 15) is 4.79 Å². The fraction of sp³-hybridized carbons (Fsp3) is 0.286. The van der Waals surface area contributed by atoms with Gasteiger partial charge in [0.1, 0.15) is 0 Å². The number of amides is 1. The molecule has 4 heteroatoms. The Morgan fingerprint density at radius 2 is 2.22 bits per heavy atom. The average Bonchev–Trinajstić information content (AvgIpc) is 2.44. The summed E-state index contributed by atoms with van der Waals surface area (Å²) in [4.78, 5) is 18.3. The van der Waals surface area contributed by atoms with Gasteiger partial charge in [0.2, 0.25) is 0 Å². The monoisotopic (exact) mass is 306 g/mol. The van der Waals surface area contributed by atoms with E-state index in [1.165, 1.54) is 0 Å². The van der Waals surface area contributed by atoms with Crippen molar-refractivity contribution >= 4 is 32.7 Å². The SMILES string of the molecule is CC(CBr)N(C)C(=O)c1ccc2ncccc2c1. The quantitative estimate of drug-likeness (QED) is 0.816. The molecule has 3 nitrogen and oxygen atoms in total. The molecule has 2 rings (SSSR count). The number of hydrogen-bond donors (Lipinski definition) is 0. The molecule has 0 aliphatic carbocycles. The average molecular weight is 307 g/mol. The fourth-order valence-corrected chi connectivity index (χ4v) is 2.15. The van der Waals surface area contributed by atoms with E-state index in [-0.39, 0.29) is 11.9 Å². The molecule has 94 valence electrons. The van der Waals surface area contributed by atoms with E-state index < -0.39 is 0 Å². The molecule has 1 atom stereocenters. The summed E-state index contributed by atoms with van der Waals surface area (Å²) in [7, 11) is 1.82. The van der Waals surface area contributed by atoms with E-state index in [2.05, 4.69) is 20.9 Å². The maximum Gasteiger partial charge on any atom is 0.253 e. The van der Waals surface area contributed by atoms with Gasteiger partial charge < -0.3 is 4.90 Å². The summed E-state index contributed by atoms with van der Waals surface area (Å²) in [5.41, 5.74) is 1.61. The lowest BCUT2D eigenvalue weighted by Crippen LogP contribution is -2.36. The van der Waals surface area contributed by atoms with Crippen molar-refractivity contribution in [2.24, 2.45) is 0 Å². The van der Waals surface area contributed by atoms with Crippen molar-refractivity contribution in [2.75, 3.05) is 12.4 Å². The van der Waals surface area contributed by atoms with E-state index >= 15 is 0 Å². The van der Waals surface area contributed by atoms with Crippen molar-refractivity contribution in [1.29, 1.82) is 0 Å². The second-order valence-electron chi connectivity index (χ2n) is 4.33. The van der Waals surface area contributed by atoms with Gasteiger partial charge in [-0.15, -0.1) is 0 Å². The highest BCUT2D eigenvalue weighted by molar-refractivity contribution is 9.09. The Hall–Kier alpha value is -1.42. The van der Waals surface area contributed by atoms with E-state index in [0.29, 0.717) is 5.56 Å². The van der Waals surface area contributed by atoms with Crippen molar-refractivity contribution in [1.82, 2.24) is 9.88 Å². The first-order chi connectivity index (χ1) is 8.63. The van der Waals surface area contributed by atoms with Gasteiger partial charge in [-0.25, -0.2) is 0 Å². The van der Waals surface area contributed by atoms with Gasteiger partial charge in [-0.1, -0.05) is 22.0 Å². The molecule has 1 heterocycles. The molecule has 0 aliphatic rings. The van der Waals surface area contributed by atoms with Crippen LogP contribution in [0.4, 0.5) is 0 Å². The minimum atomic E-state index is 0.0349. The summed E-state index contributed by atoms with van der Waals surface area (Å²) in [6.45, 7) is 2.01. The molecule has 2 aromatic rings. The van der Waals surface area contributed by atoms with Gasteiger partial charge in [0.25, 0.3) is 5.91 Å². The zero-order valence-electron chi connectivity index (χ0n) is 10.4. The Balaban J connectivity index is 2.33. The number of carbonyl (C=O) groups excluding carboxylic acids is 1. The molecule has 0 fully saturated rings. The van der Waals surface area contributed by atoms with Crippen molar-refractivity contribution in [2.45, 2.75) is 13.0 Å². The predicted molar refractivity (Wildman–Crippen MR) is 77.1 cm³/mol. The number of pyridine rings is 1. The number of carbonyl (C=O) groups is 1. The van der Waals surface area contributed by atoms with Gasteiger partial charge in [-0.05, 0) is 31.2 Å². The summed E-state index contributed by atoms with van der Waals surface area (Å²) < 4.78 is 0. The summed E-state index contributed by atoms with van der Waals surface area (Å²) in [5, 5.41) is 1.76. The highest BCUT2D eigenvalue weighted by atomic mass is 79.9. The number of aromatic nitrogens is 1. The smallest absolute Gasteiger partial charge is 0.253 e. The van der Waals surface area contributed by atoms with Gasteiger partial charge in [-0.2, -0.15) is 0 Å². The van der Waals surface area contributed by atoms with Gasteiger partial charge in [0, 0.05) is 35.6 Å². The fourth-order valence-electron chi connectivity index (χ4n) is 1.72. The largest absolute Gasteiger partial charge is 0.338 e. The van der Waals surface area contributed by atoms with Crippen LogP contribution in [0.3, 0.4) is 0 Å². The second kappa shape index (κ2) is 5.48. The number of benzene rings is 1. The number of fused-ring (bicyclic) bond motifs is 1. The topological polar surface area (TPSA) is 33.2 Å². The van der Waals surface area contributed by atoms with Crippen LogP contribution in [0.15, 0.2) is 36.5 Å². The van der Waals surface area contributed by atoms with E-state index in [1.54, 1.807) is 11.1 Å². The Kier molecular flexibility index (Phi) is 3.97. The lowest BCUT2D eigenvalue weighted by atomic mass is 10.1. The molecule has 1 aromatic heterocycles. The maximum atomic E-state index is 12.3. The molecule has 0 spiro atoms. The van der Waals surface area contributed by atoms with Gasteiger partial charge in [-0.3, -0.25) is 9.78 Å². The molecule has 18 heavy (non-hydrogen) atoms. The molecule has 0 saturated heterocycles. The van der Waals surface area contributed by atoms with E-state index in [4.69, 9.17) is 0 Å². The van der Waals surface area contributed by atoms with Crippen LogP contribution >= 0.6 is 15.9 Å². The zero-order valence-corrected chi connectivity index (χ0v) is 12.0. The van der Waals surface area contributed by atoms with Gasteiger partial charge in [0.05, 0.1) is 5.52 Å². The minimum absolute atomic E-state index is 0.0349. The lowest BCUT2D eigenvalue weighted by Gasteiger charge is -2.23. The number of halogens is 1. The van der Waals surface area contributed by atoms with E-state index in [1.807, 2.05) is 44.3 Å². The third-order valence-electron chi connectivity index (χ3n) is 3.05. The molecule has 1 aromatic carbocycles. The Morgan fingerprint density at radius 1 is 1.44 bits per heavy atom. The minimum Gasteiger partial charge on any atom is -0.338 e. The van der Waals surface area contributed by atoms with Crippen LogP contribution in [0.1, 0.15) is 17.3 Å². The van der Waals surface area contributed by atoms with Gasteiger partial charge >= 0.3 is 0 Å². The molecule has 0 saturated carbocycles. The van der Waals surface area contributed by atoms with Crippen molar-refractivity contribution in [3.05, 3.63) is 42.1 Å². The molecule has 1 unspecified atom stereocenters. The first-order valence-corrected chi connectivity index (χ1v) is 6.93. The first kappa shape index (κ1) is 13.0. The maximum absolute atomic E-state index is 12.3. The first-order valence-electron chi connectivity index (χ1n) is 5.81. The number of hydrogen-bond acceptors (Lipinski definition) is 2. The molecule has 0 N–H and O–H groups in total. The van der Waals surface area contributed by atoms with Crippen LogP contribution in [0, 0.1) is 0 Å². The Labute approximate surface area is 115 Å². The van der Waals surface area contributed by atoms with Crippen LogP contribution in [0.25, 0.3) is 10.9 Å². The summed E-state index contributed by atoms with van der Waals surface area (Å²) in [6, 6.07) is 9.61. The highest BCUT2D eigenvalue weighted by Crippen LogP contribution is 2.15. The Morgan fingerprint density at radius 3 is 2.94 bits per heavy atom. The lowest BCUT2D eigenvalue weighted by molar-refractivity contribution is 0.0758. The number of nitrogens with zero attached hydrogens (tertiary/aromatic N) is 2. The molecule has 0 radical (unpaired) electrons. The van der Waals surface area contributed by atoms with Crippen LogP contribution in [-0.2, 0) is 0 Å². The van der Waals surface area contributed by atoms with E-state index in [0.717, 1.165) is 16.2 Å². The third-order valence-corrected chi connectivity index (χ3v) is 3.99. The van der Waals surface area contributed by atoms with Crippen LogP contribution in [0.2, 0.25) is 0 Å². The third kappa shape index (κ3) is 2.53. The zero-order chi connectivity index (χ0) is 13.1. The molecule has 1 amide bonds. The van der Waals surface area contributed by atoms with Crippen molar-refractivity contribution in [3.8, 4) is 0 Å². The number of alkyl halides is 1. The van der Waals surface area contributed by atoms with Crippen LogP contribution < -0.4 is 0 Å². The second-order valence-corrected chi connectivity index (χ2v) is 4.98. The summed E-state index contributed by atoms with van der Waals surface area (Å²) >= 11 is 3.39. The predicted octanol–water partition coefficient (Wildman–Crippen LogP) is 3.09. The number of rotatable bonds is 3. The molecular formula is C14H15BrN2O. The highest BCUT2D eigenvalue weighted by Gasteiger charge is 2.16. The molecule has 0 aliphatic heterocycles. The molecular weight excluding hydrogens is 292 g/mol. The Bertz CT molecular complexity index is 570. The van der Waals surface area contributed by atoms with Gasteiger partial charge in [0.15, 0.2) is 0 Å². The standard InChI is InChI=1S/C14H15BrN2O/c1-10(9-15)17(2)14(18)12-5-6-13-11(8-12)4-3-7-16-13/h3-8,10H,9H2,1-2H3. The summed E-state index contributed by atoms with van der Waals surface area (Å²) in [6.07, 6.45) is 1.75.